The molecule has 0 bridgehead atoms. The smallest absolute Gasteiger partial charge is 0.317 e. The predicted molar refractivity (Wildman–Crippen MR) is 83.4 cm³/mol. The molecule has 1 aromatic rings. The molecule has 1 aromatic carbocycles. The molecule has 0 aromatic heterocycles. The Morgan fingerprint density at radius 1 is 1.41 bits per heavy atom. The summed E-state index contributed by atoms with van der Waals surface area (Å²) in [7, 11) is 0. The molecule has 0 fully saturated rings. The number of hydrogen-bond donors (Lipinski definition) is 1. The summed E-state index contributed by atoms with van der Waals surface area (Å²) < 4.78 is 12.9. The molecule has 2 rings (SSSR count). The normalized spacial score (nSPS) is 16.9. The van der Waals surface area contributed by atoms with E-state index in [9.17, 15) is 9.18 Å². The van der Waals surface area contributed by atoms with Crippen molar-refractivity contribution in [3.8, 4) is 0 Å². The number of nitrogens with one attached hydrogen (secondary N) is 1. The zero-order valence-electron chi connectivity index (χ0n) is 13.0. The first-order chi connectivity index (χ1) is 10.6. The van der Waals surface area contributed by atoms with E-state index >= 15 is 0 Å². The Morgan fingerprint density at radius 2 is 2.14 bits per heavy atom. The van der Waals surface area contributed by atoms with Gasteiger partial charge in [-0.2, -0.15) is 0 Å². The summed E-state index contributed by atoms with van der Waals surface area (Å²) in [4.78, 5) is 19.2. The van der Waals surface area contributed by atoms with Gasteiger partial charge in [0.15, 0.2) is 6.10 Å². The topological polar surface area (TPSA) is 53.9 Å². The first-order valence-corrected chi connectivity index (χ1v) is 7.65. The van der Waals surface area contributed by atoms with Crippen molar-refractivity contribution in [1.82, 2.24) is 10.2 Å². The van der Waals surface area contributed by atoms with Gasteiger partial charge in [0.05, 0.1) is 12.3 Å². The van der Waals surface area contributed by atoms with Crippen LogP contribution in [0.3, 0.4) is 0 Å². The van der Waals surface area contributed by atoms with Gasteiger partial charge in [0.2, 0.25) is 0 Å². The summed E-state index contributed by atoms with van der Waals surface area (Å²) in [6.45, 7) is 5.69. The number of carbonyl (C=O) groups excluding carboxylic acids is 1. The lowest BCUT2D eigenvalue weighted by atomic mass is 10.0. The molecule has 6 heteroatoms. The van der Waals surface area contributed by atoms with Gasteiger partial charge in [-0.15, -0.1) is 0 Å². The van der Waals surface area contributed by atoms with Crippen molar-refractivity contribution in [3.05, 3.63) is 35.6 Å². The van der Waals surface area contributed by atoms with Crippen LogP contribution in [0.5, 0.6) is 0 Å². The maximum absolute atomic E-state index is 12.9. The summed E-state index contributed by atoms with van der Waals surface area (Å²) in [6, 6.07) is 6.11. The van der Waals surface area contributed by atoms with Crippen LogP contribution in [0.2, 0.25) is 0 Å². The van der Waals surface area contributed by atoms with E-state index in [-0.39, 0.29) is 18.0 Å². The molecule has 1 N–H and O–H groups in total. The fourth-order valence-corrected chi connectivity index (χ4v) is 2.39. The van der Waals surface area contributed by atoms with E-state index in [1.165, 1.54) is 12.1 Å². The minimum absolute atomic E-state index is 0.0804. The lowest BCUT2D eigenvalue weighted by Gasteiger charge is -2.24. The van der Waals surface area contributed by atoms with E-state index in [1.54, 1.807) is 17.0 Å². The zero-order chi connectivity index (χ0) is 15.9. The number of rotatable bonds is 6. The Kier molecular flexibility index (Phi) is 5.75. The lowest BCUT2D eigenvalue weighted by molar-refractivity contribution is 0.0606. The van der Waals surface area contributed by atoms with E-state index in [2.05, 4.69) is 10.5 Å². The second-order valence-corrected chi connectivity index (χ2v) is 5.26. The van der Waals surface area contributed by atoms with Crippen LogP contribution in [-0.4, -0.2) is 42.4 Å². The van der Waals surface area contributed by atoms with Gasteiger partial charge in [0.25, 0.3) is 0 Å². The molecule has 1 aliphatic heterocycles. The molecule has 1 atom stereocenters. The summed E-state index contributed by atoms with van der Waals surface area (Å²) in [5.41, 5.74) is 1.64. The fraction of sp³-hybridized carbons (Fsp3) is 0.500. The van der Waals surface area contributed by atoms with Gasteiger partial charge in [-0.05, 0) is 31.0 Å². The number of carbonyl (C=O) groups is 1. The number of amides is 2. The SMILES string of the molecule is CCCN(C[C@H]1CC(c2ccc(F)cc2)=NO1)C(=O)NCC. The summed E-state index contributed by atoms with van der Waals surface area (Å²) in [5, 5.41) is 6.88. The third kappa shape index (κ3) is 4.19. The lowest BCUT2D eigenvalue weighted by Crippen LogP contribution is -2.44. The molecule has 0 saturated heterocycles. The number of oxime groups is 1. The van der Waals surface area contributed by atoms with E-state index < -0.39 is 0 Å². The summed E-state index contributed by atoms with van der Waals surface area (Å²) >= 11 is 0. The van der Waals surface area contributed by atoms with Crippen LogP contribution >= 0.6 is 0 Å². The van der Waals surface area contributed by atoms with Crippen LogP contribution < -0.4 is 5.32 Å². The fourth-order valence-electron chi connectivity index (χ4n) is 2.39. The minimum Gasteiger partial charge on any atom is -0.390 e. The maximum Gasteiger partial charge on any atom is 0.317 e. The number of nitrogens with zero attached hydrogens (tertiary/aromatic N) is 2. The predicted octanol–water partition coefficient (Wildman–Crippen LogP) is 2.76. The molecule has 0 radical (unpaired) electrons. The van der Waals surface area contributed by atoms with Crippen molar-refractivity contribution in [2.24, 2.45) is 5.16 Å². The van der Waals surface area contributed by atoms with Gasteiger partial charge in [0.1, 0.15) is 5.82 Å². The van der Waals surface area contributed by atoms with Crippen molar-refractivity contribution >= 4 is 11.7 Å². The molecule has 0 saturated carbocycles. The van der Waals surface area contributed by atoms with Crippen molar-refractivity contribution in [3.63, 3.8) is 0 Å². The van der Waals surface area contributed by atoms with Gasteiger partial charge in [-0.3, -0.25) is 0 Å². The standard InChI is InChI=1S/C16H22FN3O2/c1-3-9-20(16(21)18-4-2)11-14-10-15(19-22-14)12-5-7-13(17)8-6-12/h5-8,14H,3-4,9-11H2,1-2H3,(H,18,21)/t14-/m1/s1. The van der Waals surface area contributed by atoms with E-state index in [1.807, 2.05) is 13.8 Å². The monoisotopic (exact) mass is 307 g/mol. The van der Waals surface area contributed by atoms with Gasteiger partial charge >= 0.3 is 6.03 Å². The Labute approximate surface area is 130 Å². The maximum atomic E-state index is 12.9. The minimum atomic E-state index is -0.273. The van der Waals surface area contributed by atoms with Crippen molar-refractivity contribution < 1.29 is 14.0 Å². The molecule has 0 aliphatic carbocycles. The average molecular weight is 307 g/mol. The molecule has 1 aliphatic rings. The Hall–Kier alpha value is -2.11. The van der Waals surface area contributed by atoms with E-state index in [0.29, 0.717) is 26.1 Å². The molecule has 22 heavy (non-hydrogen) atoms. The van der Waals surface area contributed by atoms with Crippen LogP contribution in [0.1, 0.15) is 32.3 Å². The van der Waals surface area contributed by atoms with Gasteiger partial charge in [-0.25, -0.2) is 9.18 Å². The second-order valence-electron chi connectivity index (χ2n) is 5.26. The molecular weight excluding hydrogens is 285 g/mol. The summed E-state index contributed by atoms with van der Waals surface area (Å²) in [6.07, 6.45) is 1.34. The first-order valence-electron chi connectivity index (χ1n) is 7.65. The molecule has 120 valence electrons. The Balaban J connectivity index is 1.93. The Bertz CT molecular complexity index is 531. The van der Waals surface area contributed by atoms with Crippen molar-refractivity contribution in [2.45, 2.75) is 32.8 Å². The van der Waals surface area contributed by atoms with Crippen molar-refractivity contribution in [1.29, 1.82) is 0 Å². The van der Waals surface area contributed by atoms with Crippen LogP contribution in [0, 0.1) is 5.82 Å². The van der Waals surface area contributed by atoms with Crippen LogP contribution in [0.15, 0.2) is 29.4 Å². The highest BCUT2D eigenvalue weighted by molar-refractivity contribution is 6.01. The van der Waals surface area contributed by atoms with Gasteiger partial charge < -0.3 is 15.1 Å². The van der Waals surface area contributed by atoms with Gasteiger partial charge in [0, 0.05) is 19.5 Å². The molecule has 0 spiro atoms. The highest BCUT2D eigenvalue weighted by atomic mass is 19.1. The third-order valence-corrected chi connectivity index (χ3v) is 3.44. The zero-order valence-corrected chi connectivity index (χ0v) is 13.0. The van der Waals surface area contributed by atoms with Crippen LogP contribution in [-0.2, 0) is 4.84 Å². The average Bonchev–Trinajstić information content (AvgIpc) is 2.96. The number of hydrogen-bond acceptors (Lipinski definition) is 3. The molecule has 0 unspecified atom stereocenters. The largest absolute Gasteiger partial charge is 0.390 e. The molecular formula is C16H22FN3O2. The molecule has 1 heterocycles. The van der Waals surface area contributed by atoms with E-state index in [4.69, 9.17) is 4.84 Å². The quantitative estimate of drug-likeness (QED) is 0.878. The van der Waals surface area contributed by atoms with Crippen LogP contribution in [0.25, 0.3) is 0 Å². The molecule has 2 amide bonds. The third-order valence-electron chi connectivity index (χ3n) is 3.44. The second kappa shape index (κ2) is 7.77. The highest BCUT2D eigenvalue weighted by Gasteiger charge is 2.26. The Morgan fingerprint density at radius 3 is 2.77 bits per heavy atom. The first kappa shape index (κ1) is 16.3. The van der Waals surface area contributed by atoms with Crippen molar-refractivity contribution in [2.75, 3.05) is 19.6 Å². The summed E-state index contributed by atoms with van der Waals surface area (Å²) in [5.74, 6) is -0.273. The number of benzene rings is 1. The highest BCUT2D eigenvalue weighted by Crippen LogP contribution is 2.18. The number of halogens is 1. The van der Waals surface area contributed by atoms with Crippen LogP contribution in [0.4, 0.5) is 9.18 Å². The number of urea groups is 1. The molecule has 5 nitrogen and oxygen atoms in total. The van der Waals surface area contributed by atoms with E-state index in [0.717, 1.165) is 17.7 Å². The van der Waals surface area contributed by atoms with Gasteiger partial charge in [-0.1, -0.05) is 24.2 Å².